The third-order valence-corrected chi connectivity index (χ3v) is 4.41. The lowest BCUT2D eigenvalue weighted by Crippen LogP contribution is -2.26. The molecule has 0 amide bonds. The normalized spacial score (nSPS) is 13.9. The van der Waals surface area contributed by atoms with E-state index in [1.807, 2.05) is 0 Å². The lowest BCUT2D eigenvalue weighted by atomic mass is 10.4. The summed E-state index contributed by atoms with van der Waals surface area (Å²) < 4.78 is 23.4. The van der Waals surface area contributed by atoms with Gasteiger partial charge in [0.2, 0.25) is 0 Å². The molecule has 0 aromatic heterocycles. The third kappa shape index (κ3) is 3.34. The maximum absolute atomic E-state index is 11.7. The van der Waals surface area contributed by atoms with Gasteiger partial charge in [0.05, 0.1) is 20.7 Å². The van der Waals surface area contributed by atoms with Crippen LogP contribution in [0.3, 0.4) is 0 Å². The highest BCUT2D eigenvalue weighted by Crippen LogP contribution is 2.25. The highest BCUT2D eigenvalue weighted by Gasteiger charge is 2.17. The van der Waals surface area contributed by atoms with Crippen molar-refractivity contribution in [1.82, 2.24) is 0 Å². The number of rotatable bonds is 3. The summed E-state index contributed by atoms with van der Waals surface area (Å²) >= 11 is 11.4. The summed E-state index contributed by atoms with van der Waals surface area (Å²) in [4.78, 5) is 0.147. The maximum Gasteiger partial charge on any atom is 0.179 e. The van der Waals surface area contributed by atoms with E-state index in [-0.39, 0.29) is 15.7 Å². The second-order valence-electron chi connectivity index (χ2n) is 3.33. The quantitative estimate of drug-likeness (QED) is 0.913. The molecule has 0 radical (unpaired) electrons. The molecule has 0 saturated carbocycles. The zero-order valence-corrected chi connectivity index (χ0v) is 10.4. The van der Waals surface area contributed by atoms with Crippen LogP contribution >= 0.6 is 23.2 Å². The first-order valence-corrected chi connectivity index (χ1v) is 6.67. The lowest BCUT2D eigenvalue weighted by molar-refractivity contribution is 0.590. The van der Waals surface area contributed by atoms with E-state index in [1.165, 1.54) is 18.2 Å². The van der Waals surface area contributed by atoms with E-state index in [0.717, 1.165) is 0 Å². The number of hydrogen-bond acceptors (Lipinski definition) is 3. The Morgan fingerprint density at radius 3 is 2.40 bits per heavy atom. The molecule has 1 unspecified atom stereocenters. The Morgan fingerprint density at radius 1 is 1.33 bits per heavy atom. The van der Waals surface area contributed by atoms with Crippen LogP contribution in [0.2, 0.25) is 10.0 Å². The molecule has 15 heavy (non-hydrogen) atoms. The molecule has 6 heteroatoms. The van der Waals surface area contributed by atoms with Gasteiger partial charge in [-0.2, -0.15) is 0 Å². The molecule has 0 bridgehead atoms. The molecule has 1 atom stereocenters. The van der Waals surface area contributed by atoms with E-state index in [9.17, 15) is 8.42 Å². The predicted octanol–water partition coefficient (Wildman–Crippen LogP) is 2.11. The van der Waals surface area contributed by atoms with Crippen LogP contribution < -0.4 is 5.73 Å². The first-order valence-electron chi connectivity index (χ1n) is 4.26. The molecule has 0 spiro atoms. The highest BCUT2D eigenvalue weighted by atomic mass is 35.5. The molecule has 0 aliphatic heterocycles. The number of halogens is 2. The van der Waals surface area contributed by atoms with Gasteiger partial charge in [0.15, 0.2) is 9.84 Å². The summed E-state index contributed by atoms with van der Waals surface area (Å²) in [5, 5.41) is 0.554. The van der Waals surface area contributed by atoms with Crippen molar-refractivity contribution in [3.05, 3.63) is 28.2 Å². The molecule has 0 aliphatic carbocycles. The van der Waals surface area contributed by atoms with Crippen LogP contribution in [-0.2, 0) is 9.84 Å². The van der Waals surface area contributed by atoms with Gasteiger partial charge in [-0.25, -0.2) is 8.42 Å². The summed E-state index contributed by atoms with van der Waals surface area (Å²) in [6.45, 7) is 1.63. The molecular weight excluding hydrogens is 257 g/mol. The largest absolute Gasteiger partial charge is 0.327 e. The Morgan fingerprint density at radius 2 is 1.93 bits per heavy atom. The first-order chi connectivity index (χ1) is 6.83. The highest BCUT2D eigenvalue weighted by molar-refractivity contribution is 7.91. The summed E-state index contributed by atoms with van der Waals surface area (Å²) in [6.07, 6.45) is 0. The van der Waals surface area contributed by atoms with Crippen molar-refractivity contribution in [3.8, 4) is 0 Å². The Labute approximate surface area is 99.1 Å². The van der Waals surface area contributed by atoms with Gasteiger partial charge >= 0.3 is 0 Å². The van der Waals surface area contributed by atoms with Crippen molar-refractivity contribution in [3.63, 3.8) is 0 Å². The molecule has 1 aromatic rings. The van der Waals surface area contributed by atoms with E-state index in [2.05, 4.69) is 0 Å². The molecule has 3 nitrogen and oxygen atoms in total. The fourth-order valence-corrected chi connectivity index (χ4v) is 2.93. The average Bonchev–Trinajstić information content (AvgIpc) is 2.07. The number of hydrogen-bond donors (Lipinski definition) is 1. The number of sulfone groups is 1. The molecule has 0 aliphatic rings. The van der Waals surface area contributed by atoms with Crippen LogP contribution in [0.25, 0.3) is 0 Å². The van der Waals surface area contributed by atoms with E-state index < -0.39 is 15.9 Å². The zero-order valence-electron chi connectivity index (χ0n) is 8.07. The van der Waals surface area contributed by atoms with E-state index in [0.29, 0.717) is 5.02 Å². The Hall–Kier alpha value is -0.290. The predicted molar refractivity (Wildman–Crippen MR) is 62.2 cm³/mol. The Bertz CT molecular complexity index is 457. The number of benzene rings is 1. The molecular formula is C9H11Cl2NO2S. The van der Waals surface area contributed by atoms with Crippen molar-refractivity contribution >= 4 is 33.0 Å². The minimum atomic E-state index is -3.37. The summed E-state index contributed by atoms with van der Waals surface area (Å²) in [7, 11) is -3.37. The van der Waals surface area contributed by atoms with E-state index in [1.54, 1.807) is 6.92 Å². The molecule has 0 heterocycles. The van der Waals surface area contributed by atoms with Crippen LogP contribution in [0.5, 0.6) is 0 Å². The molecule has 1 aromatic carbocycles. The van der Waals surface area contributed by atoms with Gasteiger partial charge < -0.3 is 5.73 Å². The Balaban J connectivity index is 3.11. The summed E-state index contributed by atoms with van der Waals surface area (Å²) in [5.41, 5.74) is 5.45. The van der Waals surface area contributed by atoms with Crippen molar-refractivity contribution in [1.29, 1.82) is 0 Å². The van der Waals surface area contributed by atoms with Crippen molar-refractivity contribution < 1.29 is 8.42 Å². The van der Waals surface area contributed by atoms with Gasteiger partial charge in [0.1, 0.15) is 0 Å². The summed E-state index contributed by atoms with van der Waals surface area (Å²) in [6, 6.07) is 3.80. The maximum atomic E-state index is 11.7. The smallest absolute Gasteiger partial charge is 0.179 e. The fraction of sp³-hybridized carbons (Fsp3) is 0.333. The van der Waals surface area contributed by atoms with Crippen molar-refractivity contribution in [2.75, 3.05) is 5.75 Å². The van der Waals surface area contributed by atoms with Gasteiger partial charge in [0, 0.05) is 6.04 Å². The van der Waals surface area contributed by atoms with E-state index in [4.69, 9.17) is 28.9 Å². The molecule has 0 saturated heterocycles. The zero-order chi connectivity index (χ0) is 11.6. The Kier molecular flexibility index (Phi) is 4.00. The third-order valence-electron chi connectivity index (χ3n) is 1.73. The van der Waals surface area contributed by atoms with Gasteiger partial charge in [-0.05, 0) is 25.1 Å². The standard InChI is InChI=1S/C9H11Cl2NO2S/c1-6(12)5-15(13,14)7-2-3-8(10)9(11)4-7/h2-4,6H,5,12H2,1H3. The van der Waals surface area contributed by atoms with Gasteiger partial charge in [-0.1, -0.05) is 23.2 Å². The van der Waals surface area contributed by atoms with E-state index >= 15 is 0 Å². The SMILES string of the molecule is CC(N)CS(=O)(=O)c1ccc(Cl)c(Cl)c1. The van der Waals surface area contributed by atoms with Gasteiger partial charge in [-0.15, -0.1) is 0 Å². The first kappa shape index (κ1) is 12.8. The van der Waals surface area contributed by atoms with Crippen LogP contribution in [0.4, 0.5) is 0 Å². The average molecular weight is 268 g/mol. The summed E-state index contributed by atoms with van der Waals surface area (Å²) in [5.74, 6) is -0.106. The molecule has 84 valence electrons. The van der Waals surface area contributed by atoms with Crippen molar-refractivity contribution in [2.24, 2.45) is 5.73 Å². The minimum absolute atomic E-state index is 0.106. The molecule has 0 fully saturated rings. The fourth-order valence-electron chi connectivity index (χ4n) is 1.11. The topological polar surface area (TPSA) is 60.2 Å². The molecule has 1 rings (SSSR count). The number of nitrogens with two attached hydrogens (primary N) is 1. The lowest BCUT2D eigenvalue weighted by Gasteiger charge is -2.07. The van der Waals surface area contributed by atoms with Gasteiger partial charge in [-0.3, -0.25) is 0 Å². The second kappa shape index (κ2) is 4.70. The molecule has 2 N–H and O–H groups in total. The van der Waals surface area contributed by atoms with Gasteiger partial charge in [0.25, 0.3) is 0 Å². The minimum Gasteiger partial charge on any atom is -0.327 e. The monoisotopic (exact) mass is 267 g/mol. The van der Waals surface area contributed by atoms with Crippen LogP contribution in [-0.4, -0.2) is 20.2 Å². The van der Waals surface area contributed by atoms with Crippen LogP contribution in [0, 0.1) is 0 Å². The van der Waals surface area contributed by atoms with Crippen LogP contribution in [0.1, 0.15) is 6.92 Å². The van der Waals surface area contributed by atoms with Crippen molar-refractivity contribution in [2.45, 2.75) is 17.9 Å². The van der Waals surface area contributed by atoms with Crippen LogP contribution in [0.15, 0.2) is 23.1 Å². The second-order valence-corrected chi connectivity index (χ2v) is 6.18.